The quantitative estimate of drug-likeness (QED) is 0.0868. The third kappa shape index (κ3) is 4.82. The fourth-order valence-electron chi connectivity index (χ4n) is 5.78. The van der Waals surface area contributed by atoms with Crippen LogP contribution in [0.4, 0.5) is 17.1 Å². The van der Waals surface area contributed by atoms with Crippen molar-refractivity contribution in [2.24, 2.45) is 0 Å². The molecule has 2 heterocycles. The number of rotatable bonds is 10. The molecule has 6 rings (SSSR count). The number of nitrogens with zero attached hydrogens (tertiary/aromatic N) is 1. The first-order valence-electron chi connectivity index (χ1n) is 13.9. The molecule has 0 radical (unpaired) electrons. The van der Waals surface area contributed by atoms with E-state index in [9.17, 15) is 25.5 Å². The summed E-state index contributed by atoms with van der Waals surface area (Å²) in [5.74, 6) is 0. The highest BCUT2D eigenvalue weighted by Gasteiger charge is 2.46. The van der Waals surface area contributed by atoms with E-state index in [2.05, 4.69) is 5.32 Å². The van der Waals surface area contributed by atoms with Gasteiger partial charge in [-0.05, 0) is 35.9 Å². The van der Waals surface area contributed by atoms with Crippen LogP contribution < -0.4 is 21.7 Å². The molecule has 0 aliphatic rings. The van der Waals surface area contributed by atoms with Gasteiger partial charge in [0.05, 0.1) is 23.4 Å². The molecule has 0 bridgehead atoms. The van der Waals surface area contributed by atoms with Gasteiger partial charge in [-0.25, -0.2) is 0 Å². The lowest BCUT2D eigenvalue weighted by molar-refractivity contribution is -0.201. The molecule has 4 unspecified atom stereocenters. The van der Waals surface area contributed by atoms with E-state index in [0.717, 1.165) is 16.2 Å². The topological polar surface area (TPSA) is 195 Å². The molecule has 43 heavy (non-hydrogen) atoms. The fraction of sp³-hybridized carbons (Fsp3) is 0.250. The molecule has 0 aliphatic carbocycles. The van der Waals surface area contributed by atoms with Gasteiger partial charge < -0.3 is 50.7 Å². The summed E-state index contributed by atoms with van der Waals surface area (Å²) in [5, 5.41) is 60.3. The van der Waals surface area contributed by atoms with Gasteiger partial charge in [0.15, 0.2) is 16.9 Å². The average molecular weight is 587 g/mol. The summed E-state index contributed by atoms with van der Waals surface area (Å²) >= 11 is 0. The number of aliphatic hydroxyl groups excluding tert-OH is 4. The number of likely N-dealkylation sites (N-methyl/N-ethyl adjacent to an activating group) is 1. The van der Waals surface area contributed by atoms with Crippen molar-refractivity contribution in [3.05, 3.63) is 78.4 Å². The number of hydrogen-bond acceptors (Lipinski definition) is 11. The molecule has 0 saturated heterocycles. The lowest BCUT2D eigenvalue weighted by atomic mass is 9.94. The predicted molar refractivity (Wildman–Crippen MR) is 166 cm³/mol. The molecular weight excluding hydrogens is 552 g/mol. The molecule has 4 atom stereocenters. The number of nitrogens with two attached hydrogens (primary N) is 2. The Morgan fingerprint density at radius 1 is 0.814 bits per heavy atom. The number of hydrogen-bond donors (Lipinski definition) is 8. The first kappa shape index (κ1) is 28.7. The summed E-state index contributed by atoms with van der Waals surface area (Å²) in [6.45, 7) is -1.10. The van der Waals surface area contributed by atoms with Crippen molar-refractivity contribution in [1.29, 1.82) is 0 Å². The fourth-order valence-corrected chi connectivity index (χ4v) is 5.78. The van der Waals surface area contributed by atoms with Crippen molar-refractivity contribution < 1.29 is 34.4 Å². The minimum Gasteiger partial charge on any atom is -0.454 e. The average Bonchev–Trinajstić information content (AvgIpc) is 3.61. The molecule has 11 nitrogen and oxygen atoms in total. The highest BCUT2D eigenvalue weighted by molar-refractivity contribution is 6.14. The van der Waals surface area contributed by atoms with E-state index in [1.807, 2.05) is 48.5 Å². The summed E-state index contributed by atoms with van der Waals surface area (Å²) in [7, 11) is 1.72. The number of aliphatic hydroxyl groups is 5. The minimum absolute atomic E-state index is 0.0624. The summed E-state index contributed by atoms with van der Waals surface area (Å²) in [6, 6.07) is 21.8. The zero-order valence-electron chi connectivity index (χ0n) is 23.4. The maximum Gasteiger partial charge on any atom is 0.173 e. The van der Waals surface area contributed by atoms with Gasteiger partial charge in [0, 0.05) is 42.0 Å². The van der Waals surface area contributed by atoms with E-state index in [0.29, 0.717) is 50.3 Å². The Morgan fingerprint density at radius 3 is 2.00 bits per heavy atom. The maximum atomic E-state index is 11.5. The van der Waals surface area contributed by atoms with Gasteiger partial charge >= 0.3 is 0 Å². The van der Waals surface area contributed by atoms with Gasteiger partial charge in [0.1, 0.15) is 29.5 Å². The van der Waals surface area contributed by atoms with Gasteiger partial charge in [-0.1, -0.05) is 42.5 Å². The molecule has 0 saturated carbocycles. The second kappa shape index (κ2) is 11.0. The van der Waals surface area contributed by atoms with Gasteiger partial charge in [-0.15, -0.1) is 0 Å². The molecule has 0 fully saturated rings. The van der Waals surface area contributed by atoms with Crippen molar-refractivity contribution in [2.45, 2.75) is 30.6 Å². The number of benzene rings is 4. The van der Waals surface area contributed by atoms with Crippen LogP contribution >= 0.6 is 0 Å². The van der Waals surface area contributed by atoms with Crippen LogP contribution in [0.5, 0.6) is 0 Å². The monoisotopic (exact) mass is 586 g/mol. The number of nitrogens with one attached hydrogen (secondary N) is 1. The van der Waals surface area contributed by atoms with Crippen molar-refractivity contribution in [3.8, 4) is 0 Å². The third-order valence-electron chi connectivity index (χ3n) is 8.11. The summed E-state index contributed by atoms with van der Waals surface area (Å²) in [4.78, 5) is 1.70. The molecule has 11 heteroatoms. The van der Waals surface area contributed by atoms with Crippen LogP contribution in [-0.4, -0.2) is 69.8 Å². The maximum absolute atomic E-state index is 11.5. The smallest absolute Gasteiger partial charge is 0.173 e. The molecular formula is C32H34N4O7. The van der Waals surface area contributed by atoms with Crippen LogP contribution in [0.15, 0.2) is 81.6 Å². The Hall–Kier alpha value is -4.36. The van der Waals surface area contributed by atoms with Crippen molar-refractivity contribution in [2.75, 3.05) is 36.6 Å². The van der Waals surface area contributed by atoms with Gasteiger partial charge in [-0.2, -0.15) is 0 Å². The second-order valence-electron chi connectivity index (χ2n) is 10.9. The predicted octanol–water partition coefficient (Wildman–Crippen LogP) is 2.64. The Labute approximate surface area is 246 Å². The minimum atomic E-state index is -2.50. The highest BCUT2D eigenvalue weighted by Crippen LogP contribution is 2.39. The van der Waals surface area contributed by atoms with E-state index in [1.165, 1.54) is 0 Å². The van der Waals surface area contributed by atoms with E-state index in [1.54, 1.807) is 36.2 Å². The summed E-state index contributed by atoms with van der Waals surface area (Å²) in [5.41, 5.74) is 14.3. The molecule has 224 valence electrons. The van der Waals surface area contributed by atoms with E-state index >= 15 is 0 Å². The van der Waals surface area contributed by atoms with Crippen molar-refractivity contribution in [3.63, 3.8) is 0 Å². The first-order chi connectivity index (χ1) is 20.6. The molecule has 0 aliphatic heterocycles. The standard InChI is InChI=1S/C32H34N4O7/c1-36(22-13-12-21(34)30-28(22)19-7-3-5-9-25(19)43-30)15-23(38)31(40)32(41,26(39)16-37)35-14-17-10-11-20(33)29-27(17)18-6-2-4-8-24(18)42-29/h2-13,23,26,31,35,37-41H,14-16,33-34H2,1H3. The Balaban J connectivity index is 1.28. The molecule has 10 N–H and O–H groups in total. The van der Waals surface area contributed by atoms with Gasteiger partial charge in [-0.3, -0.25) is 5.32 Å². The van der Waals surface area contributed by atoms with Crippen molar-refractivity contribution >= 4 is 60.9 Å². The van der Waals surface area contributed by atoms with Crippen LogP contribution in [0.25, 0.3) is 43.9 Å². The number of fused-ring (bicyclic) bond motifs is 6. The number of furan rings is 2. The lowest BCUT2D eigenvalue weighted by Gasteiger charge is -2.40. The van der Waals surface area contributed by atoms with Crippen LogP contribution in [0.1, 0.15) is 5.56 Å². The van der Waals surface area contributed by atoms with Crippen LogP contribution in [-0.2, 0) is 6.54 Å². The van der Waals surface area contributed by atoms with E-state index < -0.39 is 30.6 Å². The molecule has 0 spiro atoms. The Morgan fingerprint density at radius 2 is 1.37 bits per heavy atom. The number of para-hydroxylation sites is 2. The highest BCUT2D eigenvalue weighted by atomic mass is 16.4. The summed E-state index contributed by atoms with van der Waals surface area (Å²) < 4.78 is 11.9. The normalized spacial score (nSPS) is 15.7. The molecule has 0 amide bonds. The lowest BCUT2D eigenvalue weighted by Crippen LogP contribution is -2.67. The van der Waals surface area contributed by atoms with Crippen LogP contribution in [0, 0.1) is 0 Å². The zero-order chi connectivity index (χ0) is 30.5. The Kier molecular flexibility index (Phi) is 7.38. The SMILES string of the molecule is CN(CC(O)C(O)C(O)(NCc1ccc(N)c2oc3ccccc3c12)C(O)CO)c1ccc(N)c2oc3ccccc3c12. The third-order valence-corrected chi connectivity index (χ3v) is 8.11. The van der Waals surface area contributed by atoms with Gasteiger partial charge in [0.2, 0.25) is 0 Å². The zero-order valence-corrected chi connectivity index (χ0v) is 23.4. The van der Waals surface area contributed by atoms with Crippen LogP contribution in [0.2, 0.25) is 0 Å². The first-order valence-corrected chi connectivity index (χ1v) is 13.9. The molecule has 4 aromatic carbocycles. The largest absolute Gasteiger partial charge is 0.454 e. The second-order valence-corrected chi connectivity index (χ2v) is 10.9. The van der Waals surface area contributed by atoms with Gasteiger partial charge in [0.25, 0.3) is 0 Å². The number of anilines is 3. The number of nitrogen functional groups attached to an aromatic ring is 2. The van der Waals surface area contributed by atoms with Crippen molar-refractivity contribution in [1.82, 2.24) is 5.32 Å². The summed E-state index contributed by atoms with van der Waals surface area (Å²) in [6.07, 6.45) is -5.34. The molecule has 6 aromatic rings. The van der Waals surface area contributed by atoms with E-state index in [4.69, 9.17) is 20.3 Å². The molecule has 2 aromatic heterocycles. The van der Waals surface area contributed by atoms with Crippen LogP contribution in [0.3, 0.4) is 0 Å². The van der Waals surface area contributed by atoms with E-state index in [-0.39, 0.29) is 13.1 Å². The Bertz CT molecular complexity index is 1940.